The second-order valence-electron chi connectivity index (χ2n) is 5.88. The summed E-state index contributed by atoms with van der Waals surface area (Å²) in [7, 11) is 0. The molecule has 2 rings (SSSR count). The van der Waals surface area contributed by atoms with Gasteiger partial charge in [0.2, 0.25) is 0 Å². The Balaban J connectivity index is 1.77. The molecule has 0 bridgehead atoms. The van der Waals surface area contributed by atoms with Crippen LogP contribution in [0.1, 0.15) is 58.8 Å². The van der Waals surface area contributed by atoms with E-state index in [1.54, 1.807) is 0 Å². The topological polar surface area (TPSA) is 32.3 Å². The molecule has 0 aliphatic heterocycles. The molecule has 0 aromatic rings. The second-order valence-corrected chi connectivity index (χ2v) is 5.88. The van der Waals surface area contributed by atoms with Crippen molar-refractivity contribution in [3.63, 3.8) is 0 Å². The lowest BCUT2D eigenvalue weighted by Gasteiger charge is -2.31. The van der Waals surface area contributed by atoms with Gasteiger partial charge in [-0.05, 0) is 50.4 Å². The number of hydrogen-bond donors (Lipinski definition) is 2. The summed E-state index contributed by atoms with van der Waals surface area (Å²) in [6, 6.07) is 1.41. The van der Waals surface area contributed by atoms with Gasteiger partial charge in [-0.25, -0.2) is 0 Å². The molecule has 2 nitrogen and oxygen atoms in total. The van der Waals surface area contributed by atoms with Gasteiger partial charge in [-0.3, -0.25) is 0 Å². The van der Waals surface area contributed by atoms with Crippen LogP contribution in [0.5, 0.6) is 0 Å². The monoisotopic (exact) mass is 225 g/mol. The molecular weight excluding hydrogens is 198 g/mol. The number of nitrogens with one attached hydrogen (secondary N) is 1. The molecular formula is C14H27NO. The predicted octanol–water partition coefficient (Wildman–Crippen LogP) is 2.70. The van der Waals surface area contributed by atoms with Gasteiger partial charge < -0.3 is 10.4 Å². The van der Waals surface area contributed by atoms with Gasteiger partial charge in [0, 0.05) is 12.1 Å². The van der Waals surface area contributed by atoms with Crippen LogP contribution in [0.25, 0.3) is 0 Å². The second kappa shape index (κ2) is 5.50. The molecule has 0 amide bonds. The maximum atomic E-state index is 9.49. The van der Waals surface area contributed by atoms with Crippen molar-refractivity contribution in [2.75, 3.05) is 0 Å². The van der Waals surface area contributed by atoms with E-state index in [9.17, 15) is 5.11 Å². The third-order valence-electron chi connectivity index (χ3n) is 4.90. The molecule has 2 aliphatic carbocycles. The first kappa shape index (κ1) is 12.4. The smallest absolute Gasteiger partial charge is 0.0541 e. The summed E-state index contributed by atoms with van der Waals surface area (Å²) in [6.07, 6.45) is 8.41. The highest BCUT2D eigenvalue weighted by Gasteiger charge is 2.33. The molecule has 0 spiro atoms. The SMILES string of the molecule is CCC1CCC(NC2CCC(O)CC2)C1C. The lowest BCUT2D eigenvalue weighted by molar-refractivity contribution is 0.112. The summed E-state index contributed by atoms with van der Waals surface area (Å²) in [5, 5.41) is 13.3. The quantitative estimate of drug-likeness (QED) is 0.774. The van der Waals surface area contributed by atoms with Crippen molar-refractivity contribution in [1.82, 2.24) is 5.32 Å². The molecule has 2 fully saturated rings. The predicted molar refractivity (Wildman–Crippen MR) is 67.4 cm³/mol. The Hall–Kier alpha value is -0.0800. The average Bonchev–Trinajstić information content (AvgIpc) is 2.63. The van der Waals surface area contributed by atoms with Crippen molar-refractivity contribution in [3.05, 3.63) is 0 Å². The van der Waals surface area contributed by atoms with E-state index in [0.717, 1.165) is 30.7 Å². The summed E-state index contributed by atoms with van der Waals surface area (Å²) in [5.74, 6) is 1.78. The van der Waals surface area contributed by atoms with Gasteiger partial charge in [0.25, 0.3) is 0 Å². The van der Waals surface area contributed by atoms with Crippen LogP contribution >= 0.6 is 0 Å². The zero-order valence-electron chi connectivity index (χ0n) is 10.8. The first-order valence-corrected chi connectivity index (χ1v) is 7.14. The zero-order chi connectivity index (χ0) is 11.5. The van der Waals surface area contributed by atoms with E-state index in [1.807, 2.05) is 0 Å². The maximum absolute atomic E-state index is 9.49. The highest BCUT2D eigenvalue weighted by molar-refractivity contribution is 4.89. The number of rotatable bonds is 3. The van der Waals surface area contributed by atoms with Gasteiger partial charge in [0.1, 0.15) is 0 Å². The van der Waals surface area contributed by atoms with E-state index < -0.39 is 0 Å². The molecule has 2 N–H and O–H groups in total. The zero-order valence-corrected chi connectivity index (χ0v) is 10.8. The fraction of sp³-hybridized carbons (Fsp3) is 1.00. The highest BCUT2D eigenvalue weighted by atomic mass is 16.3. The Bertz CT molecular complexity index is 211. The van der Waals surface area contributed by atoms with Gasteiger partial charge >= 0.3 is 0 Å². The van der Waals surface area contributed by atoms with Crippen LogP contribution in [0.15, 0.2) is 0 Å². The molecule has 0 aromatic carbocycles. The standard InChI is InChI=1S/C14H27NO/c1-3-11-4-9-14(10(11)2)15-12-5-7-13(16)8-6-12/h10-16H,3-9H2,1-2H3. The van der Waals surface area contributed by atoms with Crippen molar-refractivity contribution in [1.29, 1.82) is 0 Å². The normalized spacial score (nSPS) is 44.8. The molecule has 16 heavy (non-hydrogen) atoms. The Labute approximate surface area is 99.8 Å². The molecule has 3 atom stereocenters. The largest absolute Gasteiger partial charge is 0.393 e. The highest BCUT2D eigenvalue weighted by Crippen LogP contribution is 2.34. The van der Waals surface area contributed by atoms with Crippen LogP contribution in [0.3, 0.4) is 0 Å². The van der Waals surface area contributed by atoms with E-state index in [4.69, 9.17) is 0 Å². The van der Waals surface area contributed by atoms with Crippen LogP contribution in [0, 0.1) is 11.8 Å². The number of hydrogen-bond acceptors (Lipinski definition) is 2. The molecule has 0 heterocycles. The van der Waals surface area contributed by atoms with Gasteiger partial charge in [-0.15, -0.1) is 0 Å². The van der Waals surface area contributed by atoms with Gasteiger partial charge in [-0.2, -0.15) is 0 Å². The summed E-state index contributed by atoms with van der Waals surface area (Å²) in [6.45, 7) is 4.73. The lowest BCUT2D eigenvalue weighted by Crippen LogP contribution is -2.43. The van der Waals surface area contributed by atoms with Crippen molar-refractivity contribution in [2.45, 2.75) is 77.0 Å². The Morgan fingerprint density at radius 2 is 1.75 bits per heavy atom. The average molecular weight is 225 g/mol. The Kier molecular flexibility index (Phi) is 4.26. The van der Waals surface area contributed by atoms with E-state index >= 15 is 0 Å². The van der Waals surface area contributed by atoms with E-state index in [-0.39, 0.29) is 6.10 Å². The van der Waals surface area contributed by atoms with Crippen LogP contribution in [0.4, 0.5) is 0 Å². The summed E-state index contributed by atoms with van der Waals surface area (Å²) < 4.78 is 0. The first-order chi connectivity index (χ1) is 7.70. The molecule has 0 radical (unpaired) electrons. The maximum Gasteiger partial charge on any atom is 0.0541 e. The molecule has 2 saturated carbocycles. The Morgan fingerprint density at radius 1 is 1.06 bits per heavy atom. The first-order valence-electron chi connectivity index (χ1n) is 7.14. The minimum atomic E-state index is -0.0255. The van der Waals surface area contributed by atoms with Gasteiger partial charge in [0.15, 0.2) is 0 Å². The molecule has 2 heteroatoms. The molecule has 0 saturated heterocycles. The van der Waals surface area contributed by atoms with Crippen molar-refractivity contribution in [3.8, 4) is 0 Å². The molecule has 94 valence electrons. The van der Waals surface area contributed by atoms with Crippen LogP contribution < -0.4 is 5.32 Å². The molecule has 2 aliphatic rings. The molecule has 3 unspecified atom stereocenters. The van der Waals surface area contributed by atoms with E-state index in [1.165, 1.54) is 32.1 Å². The third kappa shape index (κ3) is 2.78. The van der Waals surface area contributed by atoms with Crippen LogP contribution in [-0.2, 0) is 0 Å². The fourth-order valence-corrected chi connectivity index (χ4v) is 3.60. The van der Waals surface area contributed by atoms with Crippen LogP contribution in [0.2, 0.25) is 0 Å². The minimum absolute atomic E-state index is 0.0255. The fourth-order valence-electron chi connectivity index (χ4n) is 3.60. The van der Waals surface area contributed by atoms with Crippen molar-refractivity contribution >= 4 is 0 Å². The van der Waals surface area contributed by atoms with Crippen LogP contribution in [-0.4, -0.2) is 23.3 Å². The summed E-state index contributed by atoms with van der Waals surface area (Å²) in [4.78, 5) is 0. The van der Waals surface area contributed by atoms with E-state index in [2.05, 4.69) is 19.2 Å². The number of aliphatic hydroxyl groups excluding tert-OH is 1. The van der Waals surface area contributed by atoms with Crippen molar-refractivity contribution in [2.24, 2.45) is 11.8 Å². The lowest BCUT2D eigenvalue weighted by atomic mass is 9.90. The molecule has 0 aromatic heterocycles. The minimum Gasteiger partial charge on any atom is -0.393 e. The van der Waals surface area contributed by atoms with Gasteiger partial charge in [0.05, 0.1) is 6.10 Å². The Morgan fingerprint density at radius 3 is 2.31 bits per heavy atom. The number of aliphatic hydroxyl groups is 1. The van der Waals surface area contributed by atoms with Gasteiger partial charge in [-0.1, -0.05) is 20.3 Å². The van der Waals surface area contributed by atoms with E-state index in [0.29, 0.717) is 6.04 Å². The summed E-state index contributed by atoms with van der Waals surface area (Å²) in [5.41, 5.74) is 0. The van der Waals surface area contributed by atoms with Crippen molar-refractivity contribution < 1.29 is 5.11 Å². The third-order valence-corrected chi connectivity index (χ3v) is 4.90. The summed E-state index contributed by atoms with van der Waals surface area (Å²) >= 11 is 0.